The van der Waals surface area contributed by atoms with Gasteiger partial charge in [-0.15, -0.1) is 6.42 Å². The lowest BCUT2D eigenvalue weighted by Crippen LogP contribution is -2.56. The maximum atomic E-state index is 8.78. The molecular weight excluding hydrogens is 146 g/mol. The van der Waals surface area contributed by atoms with E-state index in [1.54, 1.807) is 6.92 Å². The van der Waals surface area contributed by atoms with E-state index in [0.29, 0.717) is 6.54 Å². The minimum absolute atomic E-state index is 0.461. The van der Waals surface area contributed by atoms with Gasteiger partial charge in [-0.2, -0.15) is 0 Å². The summed E-state index contributed by atoms with van der Waals surface area (Å²) in [5.74, 6) is 2.10. The summed E-state index contributed by atoms with van der Waals surface area (Å²) in [6, 6.07) is 0. The van der Waals surface area contributed by atoms with Crippen molar-refractivity contribution in [2.24, 2.45) is 0 Å². The maximum absolute atomic E-state index is 8.78. The number of hydrogen-bond acceptors (Lipinski definition) is 4. The Labute approximate surface area is 65.9 Å². The van der Waals surface area contributed by atoms with E-state index in [1.807, 2.05) is 0 Å². The monoisotopic (exact) mass is 159 g/mol. The van der Waals surface area contributed by atoms with Gasteiger partial charge < -0.3 is 15.3 Å². The number of aliphatic hydroxyl groups is 3. The Bertz CT molecular complexity index is 152. The topological polar surface area (TPSA) is 72.7 Å². The van der Waals surface area contributed by atoms with Crippen LogP contribution in [0.3, 0.4) is 0 Å². The fourth-order valence-electron chi connectivity index (χ4n) is 0.715. The first-order valence-corrected chi connectivity index (χ1v) is 3.32. The number of nitrogens with one attached hydrogen (secondary N) is 1. The van der Waals surface area contributed by atoms with Crippen molar-refractivity contribution in [2.75, 3.05) is 13.2 Å². The van der Waals surface area contributed by atoms with Crippen LogP contribution in [0.1, 0.15) is 6.92 Å². The molecule has 0 spiro atoms. The molecule has 0 aromatic rings. The number of likely N-dealkylation sites (N-methyl/N-ethyl adjacent to an activating group) is 1. The summed E-state index contributed by atoms with van der Waals surface area (Å²) in [7, 11) is 0. The van der Waals surface area contributed by atoms with Crippen molar-refractivity contribution in [2.45, 2.75) is 18.8 Å². The van der Waals surface area contributed by atoms with Crippen molar-refractivity contribution >= 4 is 0 Å². The van der Waals surface area contributed by atoms with Crippen molar-refractivity contribution < 1.29 is 15.3 Å². The lowest BCUT2D eigenvalue weighted by Gasteiger charge is -2.28. The normalized spacial score (nSPS) is 16.0. The quantitative estimate of drug-likeness (QED) is 0.290. The van der Waals surface area contributed by atoms with E-state index in [9.17, 15) is 0 Å². The van der Waals surface area contributed by atoms with Crippen LogP contribution in [-0.4, -0.2) is 40.3 Å². The summed E-state index contributed by atoms with van der Waals surface area (Å²) >= 11 is 0. The second-order valence-electron chi connectivity index (χ2n) is 2.18. The number of terminal acetylenes is 1. The highest BCUT2D eigenvalue weighted by Crippen LogP contribution is 2.05. The van der Waals surface area contributed by atoms with Gasteiger partial charge in [0.1, 0.15) is 0 Å². The molecule has 0 aromatic carbocycles. The zero-order chi connectivity index (χ0) is 8.91. The molecule has 4 nitrogen and oxygen atoms in total. The smallest absolute Gasteiger partial charge is 0.184 e. The molecule has 64 valence electrons. The van der Waals surface area contributed by atoms with Gasteiger partial charge in [-0.1, -0.05) is 12.8 Å². The molecule has 0 amide bonds. The van der Waals surface area contributed by atoms with Gasteiger partial charge in [-0.3, -0.25) is 5.32 Å². The lowest BCUT2D eigenvalue weighted by atomic mass is 10.0. The van der Waals surface area contributed by atoms with Crippen molar-refractivity contribution in [3.63, 3.8) is 0 Å². The van der Waals surface area contributed by atoms with E-state index in [0.717, 1.165) is 0 Å². The summed E-state index contributed by atoms with van der Waals surface area (Å²) < 4.78 is 0. The van der Waals surface area contributed by atoms with Crippen LogP contribution < -0.4 is 5.32 Å². The van der Waals surface area contributed by atoms with Gasteiger partial charge in [0, 0.05) is 0 Å². The fraction of sp³-hybridized carbons (Fsp3) is 0.714. The molecule has 4 heteroatoms. The van der Waals surface area contributed by atoms with E-state index in [2.05, 4.69) is 11.2 Å². The molecule has 11 heavy (non-hydrogen) atoms. The summed E-state index contributed by atoms with van der Waals surface area (Å²) in [4.78, 5) is 0. The van der Waals surface area contributed by atoms with Gasteiger partial charge in [0.2, 0.25) is 0 Å². The largest absolute Gasteiger partial charge is 0.393 e. The molecule has 0 fully saturated rings. The highest BCUT2D eigenvalue weighted by molar-refractivity contribution is 5.14. The third-order valence-corrected chi connectivity index (χ3v) is 1.44. The molecule has 0 unspecified atom stereocenters. The minimum atomic E-state index is -1.75. The van der Waals surface area contributed by atoms with E-state index < -0.39 is 18.4 Å². The Morgan fingerprint density at radius 3 is 2.27 bits per heavy atom. The average Bonchev–Trinajstić information content (AvgIpc) is 2.00. The van der Waals surface area contributed by atoms with Gasteiger partial charge in [-0.05, 0) is 6.54 Å². The molecule has 0 saturated heterocycles. The van der Waals surface area contributed by atoms with E-state index in [4.69, 9.17) is 21.7 Å². The lowest BCUT2D eigenvalue weighted by molar-refractivity contribution is -0.102. The summed E-state index contributed by atoms with van der Waals surface area (Å²) in [5, 5.41) is 28.9. The van der Waals surface area contributed by atoms with Gasteiger partial charge in [-0.25, -0.2) is 0 Å². The van der Waals surface area contributed by atoms with Crippen LogP contribution in [0.4, 0.5) is 0 Å². The Morgan fingerprint density at radius 1 is 1.64 bits per heavy atom. The molecular formula is C7H13NO3. The number of hydrogen-bond donors (Lipinski definition) is 4. The van der Waals surface area contributed by atoms with Crippen LogP contribution in [-0.2, 0) is 0 Å². The number of rotatable bonds is 4. The molecule has 0 aliphatic heterocycles. The van der Waals surface area contributed by atoms with Gasteiger partial charge in [0.05, 0.1) is 6.61 Å². The molecule has 0 radical (unpaired) electrons. The zero-order valence-electron chi connectivity index (χ0n) is 6.41. The summed E-state index contributed by atoms with van der Waals surface area (Å²) in [6.07, 6.45) is 3.26. The van der Waals surface area contributed by atoms with Crippen LogP contribution in [0.2, 0.25) is 0 Å². The van der Waals surface area contributed by atoms with Gasteiger partial charge in [0.25, 0.3) is 0 Å². The second kappa shape index (κ2) is 4.31. The molecule has 1 atom stereocenters. The van der Waals surface area contributed by atoms with Crippen LogP contribution in [0.15, 0.2) is 0 Å². The van der Waals surface area contributed by atoms with Crippen molar-refractivity contribution in [3.05, 3.63) is 0 Å². The predicted molar refractivity (Wildman–Crippen MR) is 40.6 cm³/mol. The van der Waals surface area contributed by atoms with Crippen molar-refractivity contribution in [1.29, 1.82) is 0 Å². The predicted octanol–water partition coefficient (Wildman–Crippen LogP) is -1.73. The van der Waals surface area contributed by atoms with Gasteiger partial charge >= 0.3 is 0 Å². The Kier molecular flexibility index (Phi) is 4.08. The zero-order valence-corrected chi connectivity index (χ0v) is 6.41. The molecule has 0 aliphatic carbocycles. The highest BCUT2D eigenvalue weighted by atomic mass is 16.5. The standard InChI is InChI=1S/C7H13NO3/c1-3-7(5-9,6(10)11)8-4-2/h1,6,8-11H,4-5H2,2H3/t7-/m1/s1. The highest BCUT2D eigenvalue weighted by Gasteiger charge is 2.33. The van der Waals surface area contributed by atoms with Gasteiger partial charge in [0.15, 0.2) is 11.8 Å². The summed E-state index contributed by atoms with van der Waals surface area (Å²) in [5.41, 5.74) is -1.42. The molecule has 0 bridgehead atoms. The fourth-order valence-corrected chi connectivity index (χ4v) is 0.715. The van der Waals surface area contributed by atoms with E-state index in [-0.39, 0.29) is 0 Å². The molecule has 0 rings (SSSR count). The number of aliphatic hydroxyl groups excluding tert-OH is 2. The molecule has 0 heterocycles. The third-order valence-electron chi connectivity index (χ3n) is 1.44. The van der Waals surface area contributed by atoms with E-state index >= 15 is 0 Å². The molecule has 0 aliphatic rings. The Morgan fingerprint density at radius 2 is 2.18 bits per heavy atom. The van der Waals surface area contributed by atoms with E-state index in [1.165, 1.54) is 0 Å². The Hall–Kier alpha value is -0.600. The third kappa shape index (κ3) is 2.17. The summed E-state index contributed by atoms with van der Waals surface area (Å²) in [6.45, 7) is 1.71. The van der Waals surface area contributed by atoms with Crippen LogP contribution in [0.5, 0.6) is 0 Å². The first kappa shape index (κ1) is 10.4. The van der Waals surface area contributed by atoms with Crippen molar-refractivity contribution in [3.8, 4) is 12.3 Å². The first-order chi connectivity index (χ1) is 5.13. The average molecular weight is 159 g/mol. The first-order valence-electron chi connectivity index (χ1n) is 3.32. The second-order valence-corrected chi connectivity index (χ2v) is 2.18. The molecule has 0 aromatic heterocycles. The molecule has 4 N–H and O–H groups in total. The van der Waals surface area contributed by atoms with Crippen molar-refractivity contribution in [1.82, 2.24) is 5.32 Å². The van der Waals surface area contributed by atoms with Crippen LogP contribution in [0.25, 0.3) is 0 Å². The minimum Gasteiger partial charge on any atom is -0.393 e. The SMILES string of the molecule is C#C[C@](CO)(NCC)C(O)O. The molecule has 0 saturated carbocycles. The van der Waals surface area contributed by atoms with Crippen LogP contribution in [0, 0.1) is 12.3 Å². The van der Waals surface area contributed by atoms with Crippen LogP contribution >= 0.6 is 0 Å². The Balaban J connectivity index is 4.36. The maximum Gasteiger partial charge on any atom is 0.184 e.